The van der Waals surface area contributed by atoms with Crippen LogP contribution in [-0.4, -0.2) is 65.5 Å². The van der Waals surface area contributed by atoms with Crippen molar-refractivity contribution in [2.75, 3.05) is 6.54 Å². The van der Waals surface area contributed by atoms with Gasteiger partial charge in [0.05, 0.1) is 6.04 Å². The zero-order valence-electron chi connectivity index (χ0n) is 23.4. The molecule has 0 fully saturated rings. The maximum Gasteiger partial charge on any atom is 0.326 e. The van der Waals surface area contributed by atoms with Crippen LogP contribution in [0.3, 0.4) is 0 Å². The first-order valence-corrected chi connectivity index (χ1v) is 13.3. The van der Waals surface area contributed by atoms with E-state index >= 15 is 0 Å². The molecule has 4 unspecified atom stereocenters. The smallest absolute Gasteiger partial charge is 0.326 e. The number of guanidine groups is 1. The Morgan fingerprint density at radius 2 is 1.33 bits per heavy atom. The molecule has 0 spiro atoms. The highest BCUT2D eigenvalue weighted by molar-refractivity contribution is 5.94. The van der Waals surface area contributed by atoms with Crippen LogP contribution in [0.4, 0.5) is 0 Å². The number of nitrogens with one attached hydrogen (secondary N) is 3. The Kier molecular flexibility index (Phi) is 14.6. The van der Waals surface area contributed by atoms with Gasteiger partial charge in [0.1, 0.15) is 18.1 Å². The normalized spacial score (nSPS) is 14.1. The third kappa shape index (κ3) is 13.6. The number of nitrogens with two attached hydrogens (primary N) is 3. The first-order valence-electron chi connectivity index (χ1n) is 13.3. The summed E-state index contributed by atoms with van der Waals surface area (Å²) in [6, 6.07) is 5.25. The van der Waals surface area contributed by atoms with Crippen molar-refractivity contribution >= 4 is 29.7 Å². The fourth-order valence-corrected chi connectivity index (χ4v) is 3.95. The van der Waals surface area contributed by atoms with E-state index in [1.807, 2.05) is 58.0 Å². The van der Waals surface area contributed by atoms with Crippen LogP contribution in [0.25, 0.3) is 0 Å². The standard InChI is InChI=1S/C27H45N7O5/c1-16(2)13-21(25(37)34-22(26(38)39)14-17(3)4)33-24(36)20(11-8-12-31-27(29)30)32-23(35)19(28)15-18-9-6-5-7-10-18/h5-7,9-10,16-17,19-22H,8,11-15,28H2,1-4H3,(H,32,35)(H,33,36)(H,34,37)(H,38,39)(H4,29,30,31). The molecule has 1 aromatic carbocycles. The maximum absolute atomic E-state index is 13.3. The summed E-state index contributed by atoms with van der Waals surface area (Å²) in [6.07, 6.45) is 1.36. The van der Waals surface area contributed by atoms with Gasteiger partial charge in [0, 0.05) is 6.54 Å². The van der Waals surface area contributed by atoms with Crippen LogP contribution in [-0.2, 0) is 25.6 Å². The van der Waals surface area contributed by atoms with E-state index in [9.17, 15) is 24.3 Å². The maximum atomic E-state index is 13.3. The van der Waals surface area contributed by atoms with Crippen LogP contribution in [0.15, 0.2) is 35.3 Å². The molecule has 1 rings (SSSR count). The van der Waals surface area contributed by atoms with Crippen LogP contribution in [0.1, 0.15) is 58.9 Å². The number of aliphatic carboxylic acids is 1. The third-order valence-electron chi connectivity index (χ3n) is 5.88. The molecular formula is C27H45N7O5. The molecule has 0 radical (unpaired) electrons. The lowest BCUT2D eigenvalue weighted by Gasteiger charge is -2.26. The molecule has 0 aliphatic heterocycles. The van der Waals surface area contributed by atoms with Crippen molar-refractivity contribution in [2.24, 2.45) is 34.0 Å². The van der Waals surface area contributed by atoms with E-state index in [4.69, 9.17) is 17.2 Å². The minimum Gasteiger partial charge on any atom is -0.480 e. The van der Waals surface area contributed by atoms with Gasteiger partial charge in [0.25, 0.3) is 0 Å². The van der Waals surface area contributed by atoms with Gasteiger partial charge in [0.2, 0.25) is 17.7 Å². The molecule has 12 nitrogen and oxygen atoms in total. The lowest BCUT2D eigenvalue weighted by molar-refractivity contribution is -0.143. The Hall–Kier alpha value is -3.67. The fourth-order valence-electron chi connectivity index (χ4n) is 3.95. The number of carbonyl (C=O) groups excluding carboxylic acids is 3. The van der Waals surface area contributed by atoms with Crippen molar-refractivity contribution in [3.05, 3.63) is 35.9 Å². The van der Waals surface area contributed by atoms with E-state index in [-0.39, 0.29) is 50.0 Å². The van der Waals surface area contributed by atoms with Crippen molar-refractivity contribution < 1.29 is 24.3 Å². The van der Waals surface area contributed by atoms with Crippen molar-refractivity contribution in [1.82, 2.24) is 16.0 Å². The number of rotatable bonds is 17. The summed E-state index contributed by atoms with van der Waals surface area (Å²) in [5.41, 5.74) is 17.7. The molecule has 0 aliphatic rings. The molecule has 39 heavy (non-hydrogen) atoms. The summed E-state index contributed by atoms with van der Waals surface area (Å²) in [5, 5.41) is 17.5. The number of aliphatic imine (C=N–C) groups is 1. The monoisotopic (exact) mass is 547 g/mol. The van der Waals surface area contributed by atoms with Crippen molar-refractivity contribution in [2.45, 2.75) is 84.0 Å². The zero-order chi connectivity index (χ0) is 29.5. The summed E-state index contributed by atoms with van der Waals surface area (Å²) in [7, 11) is 0. The summed E-state index contributed by atoms with van der Waals surface area (Å²) in [5.74, 6) is -2.89. The Morgan fingerprint density at radius 3 is 1.87 bits per heavy atom. The van der Waals surface area contributed by atoms with E-state index in [0.29, 0.717) is 6.42 Å². The SMILES string of the molecule is CC(C)CC(NC(=O)C(CC(C)C)NC(=O)C(CCCN=C(N)N)NC(=O)C(N)Cc1ccccc1)C(=O)O. The van der Waals surface area contributed by atoms with Gasteiger partial charge in [-0.25, -0.2) is 4.79 Å². The largest absolute Gasteiger partial charge is 0.480 e. The van der Waals surface area contributed by atoms with Crippen molar-refractivity contribution in [3.8, 4) is 0 Å². The van der Waals surface area contributed by atoms with E-state index in [2.05, 4.69) is 20.9 Å². The highest BCUT2D eigenvalue weighted by Gasteiger charge is 2.31. The fraction of sp³-hybridized carbons (Fsp3) is 0.593. The number of amides is 3. The number of hydrogen-bond donors (Lipinski definition) is 7. The molecule has 0 aromatic heterocycles. The molecule has 218 valence electrons. The van der Waals surface area contributed by atoms with Gasteiger partial charge >= 0.3 is 5.97 Å². The molecule has 4 atom stereocenters. The summed E-state index contributed by atoms with van der Waals surface area (Å²) in [6.45, 7) is 7.71. The van der Waals surface area contributed by atoms with Crippen molar-refractivity contribution in [1.29, 1.82) is 0 Å². The van der Waals surface area contributed by atoms with E-state index in [1.165, 1.54) is 0 Å². The van der Waals surface area contributed by atoms with E-state index in [1.54, 1.807) is 0 Å². The molecule has 0 saturated heterocycles. The van der Waals surface area contributed by atoms with Crippen LogP contribution in [0, 0.1) is 11.8 Å². The predicted octanol–water partition coefficient (Wildman–Crippen LogP) is 0.241. The van der Waals surface area contributed by atoms with Crippen LogP contribution >= 0.6 is 0 Å². The van der Waals surface area contributed by atoms with Gasteiger partial charge in [-0.15, -0.1) is 0 Å². The second kappa shape index (κ2) is 17.0. The molecule has 1 aromatic rings. The molecule has 3 amide bonds. The third-order valence-corrected chi connectivity index (χ3v) is 5.88. The topological polar surface area (TPSA) is 215 Å². The van der Waals surface area contributed by atoms with Crippen LogP contribution in [0.5, 0.6) is 0 Å². The zero-order valence-corrected chi connectivity index (χ0v) is 23.4. The molecule has 10 N–H and O–H groups in total. The second-order valence-electron chi connectivity index (χ2n) is 10.5. The molecule has 0 bridgehead atoms. The first kappa shape index (κ1) is 33.4. The average Bonchev–Trinajstić information content (AvgIpc) is 2.84. The van der Waals surface area contributed by atoms with Gasteiger partial charge in [-0.2, -0.15) is 0 Å². The quantitative estimate of drug-likeness (QED) is 0.0812. The molecular weight excluding hydrogens is 502 g/mol. The number of carboxylic acids is 1. The van der Waals surface area contributed by atoms with Crippen molar-refractivity contribution in [3.63, 3.8) is 0 Å². The molecule has 0 heterocycles. The minimum atomic E-state index is -1.15. The summed E-state index contributed by atoms with van der Waals surface area (Å²) in [4.78, 5) is 54.9. The number of carboxylic acid groups (broad SMARTS) is 1. The predicted molar refractivity (Wildman–Crippen MR) is 150 cm³/mol. The van der Waals surface area contributed by atoms with Gasteiger partial charge in [-0.05, 0) is 49.5 Å². The number of carbonyl (C=O) groups is 4. The number of hydrogen-bond acceptors (Lipinski definition) is 6. The molecule has 0 aliphatic carbocycles. The number of nitrogens with zero attached hydrogens (tertiary/aromatic N) is 1. The average molecular weight is 548 g/mol. The van der Waals surface area contributed by atoms with Gasteiger partial charge in [0.15, 0.2) is 5.96 Å². The Bertz CT molecular complexity index is 965. The molecule has 12 heteroatoms. The lowest BCUT2D eigenvalue weighted by Crippen LogP contribution is -2.57. The first-order chi connectivity index (χ1) is 18.3. The number of benzene rings is 1. The Labute approximate surface area is 230 Å². The second-order valence-corrected chi connectivity index (χ2v) is 10.5. The highest BCUT2D eigenvalue weighted by Crippen LogP contribution is 2.10. The van der Waals surface area contributed by atoms with E-state index in [0.717, 1.165) is 5.56 Å². The Morgan fingerprint density at radius 1 is 0.821 bits per heavy atom. The summed E-state index contributed by atoms with van der Waals surface area (Å²) < 4.78 is 0. The van der Waals surface area contributed by atoms with Gasteiger partial charge in [-0.1, -0.05) is 58.0 Å². The van der Waals surface area contributed by atoms with E-state index < -0.39 is 47.9 Å². The van der Waals surface area contributed by atoms with Gasteiger partial charge in [-0.3, -0.25) is 19.4 Å². The molecule has 0 saturated carbocycles. The summed E-state index contributed by atoms with van der Waals surface area (Å²) >= 11 is 0. The van der Waals surface area contributed by atoms with Crippen LogP contribution < -0.4 is 33.2 Å². The lowest BCUT2D eigenvalue weighted by atomic mass is 10.00. The van der Waals surface area contributed by atoms with Gasteiger partial charge < -0.3 is 38.3 Å². The highest BCUT2D eigenvalue weighted by atomic mass is 16.4. The Balaban J connectivity index is 3.03. The van der Waals surface area contributed by atoms with Crippen LogP contribution in [0.2, 0.25) is 0 Å². The minimum absolute atomic E-state index is 0.0172.